The highest BCUT2D eigenvalue weighted by Crippen LogP contribution is 2.62. The third kappa shape index (κ3) is 4.21. The Morgan fingerprint density at radius 3 is 1.66 bits per heavy atom. The Morgan fingerprint density at radius 1 is 0.453 bits per heavy atom. The van der Waals surface area contributed by atoms with Crippen molar-refractivity contribution in [2.24, 2.45) is 0 Å². The minimum Gasteiger partial charge on any atom is -0.310 e. The summed E-state index contributed by atoms with van der Waals surface area (Å²) in [6.07, 6.45) is 0. The quantitative estimate of drug-likeness (QED) is 0.154. The summed E-state index contributed by atoms with van der Waals surface area (Å²) >= 11 is 0. The average Bonchev–Trinajstić information content (AvgIpc) is 3.94. The van der Waals surface area contributed by atoms with Gasteiger partial charge in [-0.05, 0) is 114 Å². The Labute approximate surface area is 375 Å². The van der Waals surface area contributed by atoms with Crippen LogP contribution in [0.1, 0.15) is 86.1 Å². The van der Waals surface area contributed by atoms with Gasteiger partial charge in [-0.2, -0.15) is 0 Å². The SMILES string of the molecule is Cc1ccc2c3c1c1c(C)ccc4c1n3-c1c(ccc3c1B2c1cccc2c(-c5ccc(C(C)(C)C)cc5)c(-c5ccc(C(C)(C)C)cc5)n-3c12)C41c2ccccc2-c2ccccc21. The summed E-state index contributed by atoms with van der Waals surface area (Å²) in [6, 6.07) is 59.5. The number of benzene rings is 8. The Kier molecular flexibility index (Phi) is 6.77. The highest BCUT2D eigenvalue weighted by atomic mass is 15.1. The van der Waals surface area contributed by atoms with E-state index in [9.17, 15) is 0 Å². The van der Waals surface area contributed by atoms with Crippen molar-refractivity contribution in [2.75, 3.05) is 0 Å². The molecule has 4 aliphatic rings. The monoisotopic (exact) mass is 820 g/mol. The van der Waals surface area contributed by atoms with Gasteiger partial charge in [-0.3, -0.25) is 0 Å². The molecule has 2 nitrogen and oxygen atoms in total. The van der Waals surface area contributed by atoms with Gasteiger partial charge in [0.2, 0.25) is 0 Å². The first-order valence-corrected chi connectivity index (χ1v) is 23.2. The molecule has 0 radical (unpaired) electrons. The number of nitrogens with zero attached hydrogens (tertiary/aromatic N) is 2. The topological polar surface area (TPSA) is 9.86 Å². The van der Waals surface area contributed by atoms with Crippen LogP contribution in [-0.4, -0.2) is 15.8 Å². The van der Waals surface area contributed by atoms with E-state index in [0.717, 1.165) is 0 Å². The molecule has 1 spiro atoms. The van der Waals surface area contributed by atoms with E-state index in [0.29, 0.717) is 0 Å². The third-order valence-corrected chi connectivity index (χ3v) is 15.9. The zero-order chi connectivity index (χ0) is 43.3. The first kappa shape index (κ1) is 36.6. The van der Waals surface area contributed by atoms with Crippen molar-refractivity contribution < 1.29 is 0 Å². The molecule has 8 aromatic carbocycles. The molecule has 64 heavy (non-hydrogen) atoms. The fraction of sp³-hybridized carbons (Fsp3) is 0.180. The van der Waals surface area contributed by atoms with Gasteiger partial charge in [-0.25, -0.2) is 0 Å². The molecule has 0 amide bonds. The average molecular weight is 821 g/mol. The molecular weight excluding hydrogens is 771 g/mol. The molecule has 5 heterocycles. The molecule has 306 valence electrons. The molecule has 3 aliphatic heterocycles. The highest BCUT2D eigenvalue weighted by Gasteiger charge is 2.54. The maximum absolute atomic E-state index is 2.74. The van der Waals surface area contributed by atoms with Crippen molar-refractivity contribution >= 4 is 55.8 Å². The molecular formula is C61H49BN2. The van der Waals surface area contributed by atoms with Gasteiger partial charge in [-0.15, -0.1) is 0 Å². The zero-order valence-corrected chi connectivity index (χ0v) is 37.9. The predicted octanol–water partition coefficient (Wildman–Crippen LogP) is 13.1. The molecule has 0 N–H and O–H groups in total. The van der Waals surface area contributed by atoms with E-state index in [1.165, 1.54) is 138 Å². The number of aromatic nitrogens is 2. The van der Waals surface area contributed by atoms with Crippen molar-refractivity contribution in [2.45, 2.75) is 71.6 Å². The van der Waals surface area contributed by atoms with Gasteiger partial charge in [0.05, 0.1) is 16.6 Å². The molecule has 3 heteroatoms. The molecule has 0 fully saturated rings. The standard InChI is InChI=1S/C61H49BN2/c1-34-20-30-45-56-50(34)51-35(2)21-32-48-58(51)64(56)57-46(61(45)43-17-11-9-14-40(43)41-15-10-12-18-44(41)61)31-33-49-53(57)62(48)47-19-13-16-42-52(36-22-26-38(27-23-36)59(3,4)5)54(63(49)55(42)47)37-24-28-39(29-25-37)60(6,7)8/h9-33H,1-8H3. The number of hydrogen-bond donors (Lipinski definition) is 0. The van der Waals surface area contributed by atoms with Crippen LogP contribution < -0.4 is 16.4 Å². The minimum atomic E-state index is -0.488. The van der Waals surface area contributed by atoms with Crippen LogP contribution in [-0.2, 0) is 16.2 Å². The summed E-state index contributed by atoms with van der Waals surface area (Å²) in [5, 5.41) is 4.10. The molecule has 14 rings (SSSR count). The van der Waals surface area contributed by atoms with Crippen LogP contribution in [0.15, 0.2) is 152 Å². The lowest BCUT2D eigenvalue weighted by atomic mass is 9.33. The smallest absolute Gasteiger partial charge is 0.252 e. The number of rotatable bonds is 2. The van der Waals surface area contributed by atoms with Crippen LogP contribution in [0.2, 0.25) is 0 Å². The van der Waals surface area contributed by atoms with Crippen molar-refractivity contribution in [3.63, 3.8) is 0 Å². The summed E-state index contributed by atoms with van der Waals surface area (Å²) < 4.78 is 5.43. The van der Waals surface area contributed by atoms with Crippen molar-refractivity contribution in [1.29, 1.82) is 0 Å². The molecule has 0 bridgehead atoms. The van der Waals surface area contributed by atoms with Crippen LogP contribution in [0.3, 0.4) is 0 Å². The number of para-hydroxylation sites is 1. The predicted molar refractivity (Wildman–Crippen MR) is 271 cm³/mol. The first-order valence-electron chi connectivity index (χ1n) is 23.2. The molecule has 0 saturated heterocycles. The first-order chi connectivity index (χ1) is 30.9. The largest absolute Gasteiger partial charge is 0.310 e. The summed E-state index contributed by atoms with van der Waals surface area (Å²) in [5.41, 5.74) is 29.2. The summed E-state index contributed by atoms with van der Waals surface area (Å²) in [7, 11) is 0. The fourth-order valence-corrected chi connectivity index (χ4v) is 13.1. The van der Waals surface area contributed by atoms with Gasteiger partial charge < -0.3 is 9.13 Å². The van der Waals surface area contributed by atoms with Gasteiger partial charge in [0.1, 0.15) is 0 Å². The highest BCUT2D eigenvalue weighted by molar-refractivity contribution is 7.00. The van der Waals surface area contributed by atoms with Crippen LogP contribution >= 0.6 is 0 Å². The van der Waals surface area contributed by atoms with Gasteiger partial charge in [0.15, 0.2) is 0 Å². The van der Waals surface area contributed by atoms with Crippen molar-refractivity contribution in [3.8, 4) is 44.9 Å². The number of hydrogen-bond acceptors (Lipinski definition) is 0. The Balaban J connectivity index is 1.19. The van der Waals surface area contributed by atoms with Gasteiger partial charge in [-0.1, -0.05) is 187 Å². The Hall–Kier alpha value is -6.84. The lowest BCUT2D eigenvalue weighted by Crippen LogP contribution is -2.60. The second-order valence-corrected chi connectivity index (χ2v) is 21.3. The summed E-state index contributed by atoms with van der Waals surface area (Å²) in [4.78, 5) is 0. The Morgan fingerprint density at radius 2 is 1.02 bits per heavy atom. The lowest BCUT2D eigenvalue weighted by Gasteiger charge is -2.44. The van der Waals surface area contributed by atoms with Crippen LogP contribution in [0.4, 0.5) is 0 Å². The third-order valence-electron chi connectivity index (χ3n) is 15.9. The minimum absolute atomic E-state index is 0.0482. The van der Waals surface area contributed by atoms with Crippen LogP contribution in [0.25, 0.3) is 77.6 Å². The lowest BCUT2D eigenvalue weighted by molar-refractivity contribution is 0.590. The Bertz CT molecular complexity index is 3700. The molecule has 10 aromatic rings. The van der Waals surface area contributed by atoms with E-state index in [1.54, 1.807) is 0 Å². The summed E-state index contributed by atoms with van der Waals surface area (Å²) in [5.74, 6) is 0. The van der Waals surface area contributed by atoms with Crippen LogP contribution in [0.5, 0.6) is 0 Å². The molecule has 1 aliphatic carbocycles. The van der Waals surface area contributed by atoms with Crippen LogP contribution in [0, 0.1) is 13.8 Å². The van der Waals surface area contributed by atoms with Crippen molar-refractivity contribution in [1.82, 2.24) is 9.13 Å². The number of aryl methyl sites for hydroxylation is 2. The van der Waals surface area contributed by atoms with E-state index in [-0.39, 0.29) is 17.5 Å². The molecule has 0 saturated carbocycles. The van der Waals surface area contributed by atoms with Gasteiger partial charge in [0.25, 0.3) is 6.71 Å². The zero-order valence-electron chi connectivity index (χ0n) is 37.9. The molecule has 0 unspecified atom stereocenters. The number of fused-ring (bicyclic) bond motifs is 11. The van der Waals surface area contributed by atoms with E-state index in [4.69, 9.17) is 0 Å². The summed E-state index contributed by atoms with van der Waals surface area (Å²) in [6.45, 7) is 18.6. The normalized spacial score (nSPS) is 14.7. The van der Waals surface area contributed by atoms with E-state index < -0.39 is 5.41 Å². The van der Waals surface area contributed by atoms with E-state index in [2.05, 4.69) is 216 Å². The molecule has 2 aromatic heterocycles. The maximum Gasteiger partial charge on any atom is 0.252 e. The molecule has 0 atom stereocenters. The van der Waals surface area contributed by atoms with Crippen molar-refractivity contribution in [3.05, 3.63) is 196 Å². The van der Waals surface area contributed by atoms with Gasteiger partial charge in [0, 0.05) is 44.1 Å². The second kappa shape index (κ2) is 11.8. The second-order valence-electron chi connectivity index (χ2n) is 21.3. The van der Waals surface area contributed by atoms with E-state index in [1.807, 2.05) is 0 Å². The van der Waals surface area contributed by atoms with E-state index >= 15 is 0 Å². The fourth-order valence-electron chi connectivity index (χ4n) is 13.1. The van der Waals surface area contributed by atoms with Gasteiger partial charge >= 0.3 is 0 Å². The maximum atomic E-state index is 2.74.